The van der Waals surface area contributed by atoms with Crippen LogP contribution in [0.4, 0.5) is 5.69 Å². The molecule has 0 fully saturated rings. The number of rotatable bonds is 6. The molecule has 16 heavy (non-hydrogen) atoms. The molecule has 0 unspecified atom stereocenters. The van der Waals surface area contributed by atoms with Crippen molar-refractivity contribution in [2.24, 2.45) is 0 Å². The van der Waals surface area contributed by atoms with Crippen LogP contribution < -0.4 is 5.32 Å². The maximum Gasteiger partial charge on any atom is 0.101 e. The summed E-state index contributed by atoms with van der Waals surface area (Å²) in [6, 6.07) is 7.78. The SMILES string of the molecule is C=CCSCCNc1cc(Br)ccc1C#N. The fraction of sp³-hybridized carbons (Fsp3) is 0.250. The van der Waals surface area contributed by atoms with E-state index in [0.29, 0.717) is 5.56 Å². The molecule has 2 nitrogen and oxygen atoms in total. The number of halogens is 1. The van der Waals surface area contributed by atoms with Gasteiger partial charge in [-0.15, -0.1) is 6.58 Å². The number of anilines is 1. The fourth-order valence-electron chi connectivity index (χ4n) is 1.18. The van der Waals surface area contributed by atoms with Gasteiger partial charge in [-0.2, -0.15) is 17.0 Å². The van der Waals surface area contributed by atoms with Crippen molar-refractivity contribution in [3.63, 3.8) is 0 Å². The van der Waals surface area contributed by atoms with Gasteiger partial charge in [0.25, 0.3) is 0 Å². The summed E-state index contributed by atoms with van der Waals surface area (Å²) in [6.45, 7) is 4.52. The van der Waals surface area contributed by atoms with Crippen LogP contribution in [0.3, 0.4) is 0 Å². The van der Waals surface area contributed by atoms with E-state index in [2.05, 4.69) is 33.9 Å². The second-order valence-electron chi connectivity index (χ2n) is 3.09. The maximum atomic E-state index is 8.93. The maximum absolute atomic E-state index is 8.93. The molecule has 0 radical (unpaired) electrons. The summed E-state index contributed by atoms with van der Waals surface area (Å²) in [5.74, 6) is 1.97. The van der Waals surface area contributed by atoms with E-state index in [4.69, 9.17) is 5.26 Å². The van der Waals surface area contributed by atoms with Gasteiger partial charge in [0, 0.05) is 22.5 Å². The van der Waals surface area contributed by atoms with Crippen molar-refractivity contribution in [1.82, 2.24) is 0 Å². The molecule has 1 aromatic carbocycles. The highest BCUT2D eigenvalue weighted by Crippen LogP contribution is 2.20. The second kappa shape index (κ2) is 7.37. The van der Waals surface area contributed by atoms with Crippen LogP contribution in [-0.2, 0) is 0 Å². The number of nitriles is 1. The van der Waals surface area contributed by atoms with Gasteiger partial charge < -0.3 is 5.32 Å². The van der Waals surface area contributed by atoms with E-state index < -0.39 is 0 Å². The monoisotopic (exact) mass is 296 g/mol. The lowest BCUT2D eigenvalue weighted by molar-refractivity contribution is 1.22. The van der Waals surface area contributed by atoms with Crippen LogP contribution in [-0.4, -0.2) is 18.1 Å². The van der Waals surface area contributed by atoms with Gasteiger partial charge in [0.05, 0.1) is 11.3 Å². The molecule has 1 N–H and O–H groups in total. The van der Waals surface area contributed by atoms with Crippen molar-refractivity contribution in [1.29, 1.82) is 5.26 Å². The average Bonchev–Trinajstić information content (AvgIpc) is 2.29. The second-order valence-corrected chi connectivity index (χ2v) is 5.16. The molecule has 0 amide bonds. The summed E-state index contributed by atoms with van der Waals surface area (Å²) >= 11 is 5.21. The van der Waals surface area contributed by atoms with Gasteiger partial charge >= 0.3 is 0 Å². The number of benzene rings is 1. The lowest BCUT2D eigenvalue weighted by Gasteiger charge is -2.07. The molecule has 0 aliphatic heterocycles. The van der Waals surface area contributed by atoms with Crippen LogP contribution in [0, 0.1) is 11.3 Å². The normalized spacial score (nSPS) is 9.50. The quantitative estimate of drug-likeness (QED) is 0.643. The van der Waals surface area contributed by atoms with E-state index in [1.807, 2.05) is 36.0 Å². The first kappa shape index (κ1) is 13.1. The number of nitrogens with one attached hydrogen (secondary N) is 1. The molecule has 1 aromatic rings. The Labute approximate surface area is 109 Å². The lowest BCUT2D eigenvalue weighted by atomic mass is 10.2. The van der Waals surface area contributed by atoms with Crippen LogP contribution in [0.5, 0.6) is 0 Å². The third kappa shape index (κ3) is 4.30. The van der Waals surface area contributed by atoms with E-state index in [-0.39, 0.29) is 0 Å². The van der Waals surface area contributed by atoms with Gasteiger partial charge in [-0.05, 0) is 18.2 Å². The molecule has 0 atom stereocenters. The van der Waals surface area contributed by atoms with Gasteiger partial charge in [0.15, 0.2) is 0 Å². The van der Waals surface area contributed by atoms with Crippen molar-refractivity contribution in [2.45, 2.75) is 0 Å². The highest BCUT2D eigenvalue weighted by molar-refractivity contribution is 9.10. The number of hydrogen-bond acceptors (Lipinski definition) is 3. The molecule has 0 heterocycles. The Morgan fingerprint density at radius 3 is 3.06 bits per heavy atom. The first-order chi connectivity index (χ1) is 7.77. The molecule has 1 rings (SSSR count). The molecule has 0 saturated carbocycles. The molecular weight excluding hydrogens is 284 g/mol. The summed E-state index contributed by atoms with van der Waals surface area (Å²) in [6.07, 6.45) is 1.89. The summed E-state index contributed by atoms with van der Waals surface area (Å²) in [7, 11) is 0. The first-order valence-electron chi connectivity index (χ1n) is 4.90. The molecule has 0 spiro atoms. The largest absolute Gasteiger partial charge is 0.383 e. The standard InChI is InChI=1S/C12H13BrN2S/c1-2-6-16-7-5-15-12-8-11(13)4-3-10(12)9-14/h2-4,8,15H,1,5-7H2. The Morgan fingerprint density at radius 2 is 2.38 bits per heavy atom. The zero-order valence-corrected chi connectivity index (χ0v) is 11.3. The van der Waals surface area contributed by atoms with Crippen LogP contribution in [0.2, 0.25) is 0 Å². The van der Waals surface area contributed by atoms with E-state index in [9.17, 15) is 0 Å². The van der Waals surface area contributed by atoms with Crippen LogP contribution >= 0.6 is 27.7 Å². The van der Waals surface area contributed by atoms with E-state index in [1.165, 1.54) is 0 Å². The summed E-state index contributed by atoms with van der Waals surface area (Å²) < 4.78 is 0.979. The summed E-state index contributed by atoms with van der Waals surface area (Å²) in [4.78, 5) is 0. The highest BCUT2D eigenvalue weighted by atomic mass is 79.9. The van der Waals surface area contributed by atoms with E-state index in [1.54, 1.807) is 0 Å². The average molecular weight is 297 g/mol. The van der Waals surface area contributed by atoms with Gasteiger partial charge in [0.2, 0.25) is 0 Å². The van der Waals surface area contributed by atoms with Gasteiger partial charge in [-0.25, -0.2) is 0 Å². The van der Waals surface area contributed by atoms with E-state index >= 15 is 0 Å². The van der Waals surface area contributed by atoms with Crippen molar-refractivity contribution < 1.29 is 0 Å². The Hall–Kier alpha value is -0.920. The summed E-state index contributed by atoms with van der Waals surface area (Å²) in [5, 5.41) is 12.2. The molecule has 4 heteroatoms. The van der Waals surface area contributed by atoms with Crippen LogP contribution in [0.1, 0.15) is 5.56 Å². The van der Waals surface area contributed by atoms with Crippen LogP contribution in [0.15, 0.2) is 35.3 Å². The van der Waals surface area contributed by atoms with Crippen molar-refractivity contribution in [3.05, 3.63) is 40.9 Å². The van der Waals surface area contributed by atoms with Crippen molar-refractivity contribution in [2.75, 3.05) is 23.4 Å². The minimum atomic E-state index is 0.678. The minimum absolute atomic E-state index is 0.678. The van der Waals surface area contributed by atoms with Gasteiger partial charge in [-0.3, -0.25) is 0 Å². The van der Waals surface area contributed by atoms with Crippen LogP contribution in [0.25, 0.3) is 0 Å². The Morgan fingerprint density at radius 1 is 1.56 bits per heavy atom. The zero-order valence-electron chi connectivity index (χ0n) is 8.87. The van der Waals surface area contributed by atoms with Crippen molar-refractivity contribution >= 4 is 33.4 Å². The molecule has 0 aliphatic rings. The molecule has 0 aliphatic carbocycles. The smallest absolute Gasteiger partial charge is 0.101 e. The molecule has 0 aromatic heterocycles. The molecule has 84 valence electrons. The third-order valence-electron chi connectivity index (χ3n) is 1.90. The van der Waals surface area contributed by atoms with Crippen molar-refractivity contribution in [3.8, 4) is 6.07 Å². The number of nitrogens with zero attached hydrogens (tertiary/aromatic N) is 1. The third-order valence-corrected chi connectivity index (χ3v) is 3.36. The highest BCUT2D eigenvalue weighted by Gasteiger charge is 2.01. The fourth-order valence-corrected chi connectivity index (χ4v) is 2.13. The molecule has 0 bridgehead atoms. The molecular formula is C12H13BrN2S. The minimum Gasteiger partial charge on any atom is -0.383 e. The number of hydrogen-bond donors (Lipinski definition) is 1. The predicted octanol–water partition coefficient (Wildman–Crippen LogP) is 3.65. The lowest BCUT2D eigenvalue weighted by Crippen LogP contribution is -2.05. The van der Waals surface area contributed by atoms with Gasteiger partial charge in [-0.1, -0.05) is 22.0 Å². The first-order valence-corrected chi connectivity index (χ1v) is 6.85. The number of thioether (sulfide) groups is 1. The Kier molecular flexibility index (Phi) is 6.05. The zero-order chi connectivity index (χ0) is 11.8. The summed E-state index contributed by atoms with van der Waals surface area (Å²) in [5.41, 5.74) is 1.56. The van der Waals surface area contributed by atoms with Gasteiger partial charge in [0.1, 0.15) is 6.07 Å². The predicted molar refractivity (Wildman–Crippen MR) is 74.9 cm³/mol. The Bertz CT molecular complexity index is 398. The topological polar surface area (TPSA) is 35.8 Å². The molecule has 0 saturated heterocycles. The van der Waals surface area contributed by atoms with E-state index in [0.717, 1.165) is 28.2 Å². The Balaban J connectivity index is 2.49.